The number of amides is 1. The summed E-state index contributed by atoms with van der Waals surface area (Å²) in [6.45, 7) is 5.67. The Kier molecular flexibility index (Phi) is 7.44. The van der Waals surface area contributed by atoms with Gasteiger partial charge in [-0.25, -0.2) is 0 Å². The van der Waals surface area contributed by atoms with E-state index in [9.17, 15) is 18.0 Å². The lowest BCUT2D eigenvalue weighted by atomic mass is 10.0. The summed E-state index contributed by atoms with van der Waals surface area (Å²) in [7, 11) is 0. The fraction of sp³-hybridized carbons (Fsp3) is 0.300. The molecule has 156 valence electrons. The second kappa shape index (κ2) is 9.60. The number of thiocarbonyl (C=S) groups is 1. The van der Waals surface area contributed by atoms with Crippen molar-refractivity contribution < 1.29 is 22.7 Å². The van der Waals surface area contributed by atoms with Gasteiger partial charge in [0.15, 0.2) is 11.7 Å². The van der Waals surface area contributed by atoms with Crippen LogP contribution in [-0.2, 0) is 11.0 Å². The van der Waals surface area contributed by atoms with Crippen LogP contribution in [-0.4, -0.2) is 17.6 Å². The number of anilines is 1. The number of para-hydroxylation sites is 1. The molecule has 0 saturated heterocycles. The summed E-state index contributed by atoms with van der Waals surface area (Å²) in [6.07, 6.45) is -4.53. The van der Waals surface area contributed by atoms with Crippen LogP contribution in [0.4, 0.5) is 18.9 Å². The average Bonchev–Trinajstić information content (AvgIpc) is 2.64. The number of ether oxygens (including phenoxy) is 1. The van der Waals surface area contributed by atoms with E-state index in [0.717, 1.165) is 17.2 Å². The SMILES string of the molecule is Cc1ccc(C(C)C)c(OCC(=O)NNC(=S)Nc2ccccc2C(F)(F)F)c1. The Balaban J connectivity index is 1.89. The average molecular weight is 425 g/mol. The van der Waals surface area contributed by atoms with Crippen LogP contribution in [0.25, 0.3) is 0 Å². The Morgan fingerprint density at radius 3 is 2.48 bits per heavy atom. The first-order valence-corrected chi connectivity index (χ1v) is 9.24. The van der Waals surface area contributed by atoms with Gasteiger partial charge in [0.25, 0.3) is 5.91 Å². The third-order valence-electron chi connectivity index (χ3n) is 3.95. The van der Waals surface area contributed by atoms with Crippen molar-refractivity contribution in [3.63, 3.8) is 0 Å². The van der Waals surface area contributed by atoms with Gasteiger partial charge in [0.2, 0.25) is 0 Å². The molecule has 0 spiro atoms. The normalized spacial score (nSPS) is 11.1. The summed E-state index contributed by atoms with van der Waals surface area (Å²) >= 11 is 4.94. The summed E-state index contributed by atoms with van der Waals surface area (Å²) in [5.74, 6) is 0.293. The largest absolute Gasteiger partial charge is 0.483 e. The van der Waals surface area contributed by atoms with Crippen molar-refractivity contribution in [2.24, 2.45) is 0 Å². The Hall–Kier alpha value is -2.81. The Bertz CT molecular complexity index is 886. The molecule has 2 aromatic rings. The molecule has 0 atom stereocenters. The number of halogens is 3. The smallest absolute Gasteiger partial charge is 0.418 e. The highest BCUT2D eigenvalue weighted by atomic mass is 32.1. The monoisotopic (exact) mass is 425 g/mol. The molecule has 0 aliphatic heterocycles. The maximum absolute atomic E-state index is 13.0. The van der Waals surface area contributed by atoms with E-state index in [-0.39, 0.29) is 23.3 Å². The van der Waals surface area contributed by atoms with E-state index in [4.69, 9.17) is 17.0 Å². The fourth-order valence-electron chi connectivity index (χ4n) is 2.54. The summed E-state index contributed by atoms with van der Waals surface area (Å²) in [5, 5.41) is 2.24. The maximum Gasteiger partial charge on any atom is 0.418 e. The fourth-order valence-corrected chi connectivity index (χ4v) is 2.70. The highest BCUT2D eigenvalue weighted by molar-refractivity contribution is 7.80. The number of carbonyl (C=O) groups excluding carboxylic acids is 1. The van der Waals surface area contributed by atoms with Gasteiger partial charge in [0, 0.05) is 0 Å². The van der Waals surface area contributed by atoms with Crippen LogP contribution in [0.5, 0.6) is 5.75 Å². The van der Waals surface area contributed by atoms with Crippen molar-refractivity contribution in [3.8, 4) is 5.75 Å². The first-order chi connectivity index (χ1) is 13.6. The number of nitrogens with one attached hydrogen (secondary N) is 3. The van der Waals surface area contributed by atoms with E-state index in [1.54, 1.807) is 0 Å². The summed E-state index contributed by atoms with van der Waals surface area (Å²) in [6, 6.07) is 10.7. The predicted octanol–water partition coefficient (Wildman–Crippen LogP) is 4.53. The van der Waals surface area contributed by atoms with E-state index in [0.29, 0.717) is 5.75 Å². The van der Waals surface area contributed by atoms with Gasteiger partial charge in [-0.15, -0.1) is 0 Å². The number of carbonyl (C=O) groups is 1. The number of alkyl halides is 3. The van der Waals surface area contributed by atoms with Gasteiger partial charge in [0.1, 0.15) is 5.75 Å². The molecule has 0 heterocycles. The van der Waals surface area contributed by atoms with E-state index >= 15 is 0 Å². The van der Waals surface area contributed by atoms with Crippen LogP contribution < -0.4 is 20.9 Å². The molecule has 0 aliphatic carbocycles. The molecule has 0 bridgehead atoms. The summed E-state index contributed by atoms with van der Waals surface area (Å²) in [5.41, 5.74) is 5.55. The van der Waals surface area contributed by atoms with E-state index in [2.05, 4.69) is 16.2 Å². The topological polar surface area (TPSA) is 62.4 Å². The first kappa shape index (κ1) is 22.5. The van der Waals surface area contributed by atoms with Crippen LogP contribution in [0, 0.1) is 6.92 Å². The Morgan fingerprint density at radius 2 is 1.83 bits per heavy atom. The molecule has 0 unspecified atom stereocenters. The van der Waals surface area contributed by atoms with Crippen molar-refractivity contribution in [3.05, 3.63) is 59.2 Å². The lowest BCUT2D eigenvalue weighted by Crippen LogP contribution is -2.45. The van der Waals surface area contributed by atoms with Crippen LogP contribution in [0.2, 0.25) is 0 Å². The molecule has 3 N–H and O–H groups in total. The van der Waals surface area contributed by atoms with Gasteiger partial charge in [-0.2, -0.15) is 13.2 Å². The van der Waals surface area contributed by atoms with Gasteiger partial charge in [0.05, 0.1) is 11.3 Å². The second-order valence-electron chi connectivity index (χ2n) is 6.66. The molecule has 9 heteroatoms. The number of benzene rings is 2. The number of hydrazine groups is 1. The van der Waals surface area contributed by atoms with Gasteiger partial charge < -0.3 is 10.1 Å². The van der Waals surface area contributed by atoms with E-state index in [1.165, 1.54) is 18.2 Å². The van der Waals surface area contributed by atoms with Crippen molar-refractivity contribution in [2.75, 3.05) is 11.9 Å². The third kappa shape index (κ3) is 6.63. The zero-order valence-electron chi connectivity index (χ0n) is 16.2. The molecule has 0 radical (unpaired) electrons. The molecular formula is C20H22F3N3O2S. The van der Waals surface area contributed by atoms with Gasteiger partial charge >= 0.3 is 6.18 Å². The Labute approximate surface area is 172 Å². The molecular weight excluding hydrogens is 403 g/mol. The highest BCUT2D eigenvalue weighted by Gasteiger charge is 2.33. The van der Waals surface area contributed by atoms with Crippen LogP contribution in [0.3, 0.4) is 0 Å². The number of hydrogen-bond donors (Lipinski definition) is 3. The molecule has 5 nitrogen and oxygen atoms in total. The van der Waals surface area contributed by atoms with Gasteiger partial charge in [-0.3, -0.25) is 15.6 Å². The second-order valence-corrected chi connectivity index (χ2v) is 7.06. The lowest BCUT2D eigenvalue weighted by Gasteiger charge is -2.17. The maximum atomic E-state index is 13.0. The third-order valence-corrected chi connectivity index (χ3v) is 4.15. The minimum Gasteiger partial charge on any atom is -0.483 e. The molecule has 0 aromatic heterocycles. The zero-order valence-corrected chi connectivity index (χ0v) is 17.0. The molecule has 29 heavy (non-hydrogen) atoms. The summed E-state index contributed by atoms with van der Waals surface area (Å²) < 4.78 is 44.6. The lowest BCUT2D eigenvalue weighted by molar-refractivity contribution is -0.137. The Morgan fingerprint density at radius 1 is 1.14 bits per heavy atom. The van der Waals surface area contributed by atoms with Crippen molar-refractivity contribution in [2.45, 2.75) is 32.9 Å². The van der Waals surface area contributed by atoms with E-state index in [1.807, 2.05) is 39.0 Å². The molecule has 0 saturated carbocycles. The highest BCUT2D eigenvalue weighted by Crippen LogP contribution is 2.34. The zero-order chi connectivity index (χ0) is 21.6. The van der Waals surface area contributed by atoms with Crippen molar-refractivity contribution in [1.82, 2.24) is 10.9 Å². The van der Waals surface area contributed by atoms with Crippen LogP contribution in [0.1, 0.15) is 36.5 Å². The van der Waals surface area contributed by atoms with Crippen LogP contribution in [0.15, 0.2) is 42.5 Å². The standard InChI is InChI=1S/C20H22F3N3O2S/c1-12(2)14-9-8-13(3)10-17(14)28-11-18(27)25-26-19(29)24-16-7-5-4-6-15(16)20(21,22)23/h4-10,12H,11H2,1-3H3,(H,25,27)(H2,24,26,29). The number of hydrogen-bond acceptors (Lipinski definition) is 3. The van der Waals surface area contributed by atoms with Gasteiger partial charge in [-0.1, -0.05) is 38.1 Å². The molecule has 0 aliphatic rings. The van der Waals surface area contributed by atoms with E-state index < -0.39 is 17.6 Å². The predicted molar refractivity (Wildman–Crippen MR) is 110 cm³/mol. The minimum absolute atomic E-state index is 0.187. The molecule has 0 fully saturated rings. The van der Waals surface area contributed by atoms with Crippen molar-refractivity contribution >= 4 is 28.9 Å². The molecule has 2 aromatic carbocycles. The molecule has 2 rings (SSSR count). The van der Waals surface area contributed by atoms with Crippen LogP contribution >= 0.6 is 12.2 Å². The quantitative estimate of drug-likeness (QED) is 0.485. The van der Waals surface area contributed by atoms with Gasteiger partial charge in [-0.05, 0) is 54.4 Å². The first-order valence-electron chi connectivity index (χ1n) is 8.83. The number of aryl methyl sites for hydroxylation is 1. The summed E-state index contributed by atoms with van der Waals surface area (Å²) in [4.78, 5) is 12.0. The minimum atomic E-state index is -4.53. The number of rotatable bonds is 5. The van der Waals surface area contributed by atoms with Crippen molar-refractivity contribution in [1.29, 1.82) is 0 Å². The molecule has 1 amide bonds.